The van der Waals surface area contributed by atoms with E-state index in [-0.39, 0.29) is 30.6 Å². The molecule has 1 heterocycles. The van der Waals surface area contributed by atoms with E-state index in [1.807, 2.05) is 81.4 Å². The van der Waals surface area contributed by atoms with E-state index in [9.17, 15) is 9.59 Å². The lowest BCUT2D eigenvalue weighted by Crippen LogP contribution is -2.48. The predicted molar refractivity (Wildman–Crippen MR) is 194 cm³/mol. The second-order valence-electron chi connectivity index (χ2n) is 13.5. The first kappa shape index (κ1) is 38.7. The molecule has 1 saturated heterocycles. The maximum atomic E-state index is 13.1. The lowest BCUT2D eigenvalue weighted by atomic mass is 9.87. The van der Waals surface area contributed by atoms with Gasteiger partial charge in [0.25, 0.3) is 0 Å². The highest BCUT2D eigenvalue weighted by molar-refractivity contribution is 5.93. The van der Waals surface area contributed by atoms with Gasteiger partial charge in [-0.2, -0.15) is 0 Å². The number of amides is 2. The number of methoxy groups -OCH3 is 2. The number of benzene rings is 3. The van der Waals surface area contributed by atoms with Crippen LogP contribution in [0.15, 0.2) is 72.8 Å². The van der Waals surface area contributed by atoms with Crippen molar-refractivity contribution in [2.24, 2.45) is 0 Å². The molecule has 0 N–H and O–H groups in total. The normalized spacial score (nSPS) is 16.2. The Labute approximate surface area is 297 Å². The topological polar surface area (TPSA) is 96.0 Å². The van der Waals surface area contributed by atoms with Gasteiger partial charge in [-0.3, -0.25) is 4.79 Å². The summed E-state index contributed by atoms with van der Waals surface area (Å²) < 4.78 is 34.7. The third-order valence-electron chi connectivity index (χ3n) is 8.59. The molecule has 0 spiro atoms. The number of carbonyl (C=O) groups is 2. The maximum absolute atomic E-state index is 13.1. The molecule has 0 aromatic heterocycles. The van der Waals surface area contributed by atoms with Crippen LogP contribution in [0.2, 0.25) is 0 Å². The van der Waals surface area contributed by atoms with Crippen LogP contribution >= 0.6 is 0 Å². The van der Waals surface area contributed by atoms with Gasteiger partial charge in [-0.05, 0) is 63.4 Å². The van der Waals surface area contributed by atoms with Gasteiger partial charge in [0.05, 0.1) is 46.2 Å². The number of nitrogens with zero attached hydrogens (tertiary/aromatic N) is 2. The fourth-order valence-electron chi connectivity index (χ4n) is 5.95. The van der Waals surface area contributed by atoms with Gasteiger partial charge in [-0.1, -0.05) is 48.5 Å². The van der Waals surface area contributed by atoms with Crippen LogP contribution in [-0.2, 0) is 37.0 Å². The summed E-state index contributed by atoms with van der Waals surface area (Å²) in [4.78, 5) is 29.4. The Morgan fingerprint density at radius 3 is 2.30 bits per heavy atom. The fraction of sp³-hybridized carbons (Fsp3) is 0.500. The number of ether oxygens (including phenoxy) is 6. The Bertz CT molecular complexity index is 1490. The number of anilines is 1. The summed E-state index contributed by atoms with van der Waals surface area (Å²) >= 11 is 0. The molecule has 4 rings (SSSR count). The quantitative estimate of drug-likeness (QED) is 0.136. The molecule has 3 aromatic rings. The van der Waals surface area contributed by atoms with E-state index >= 15 is 0 Å². The van der Waals surface area contributed by atoms with E-state index in [1.165, 1.54) is 0 Å². The predicted octanol–water partition coefficient (Wildman–Crippen LogP) is 7.38. The number of piperidine rings is 1. The van der Waals surface area contributed by atoms with Gasteiger partial charge in [0, 0.05) is 62.9 Å². The average molecular weight is 691 g/mol. The number of para-hydroxylation sites is 2. The molecule has 50 heavy (non-hydrogen) atoms. The first-order chi connectivity index (χ1) is 24.1. The molecule has 10 nitrogen and oxygen atoms in total. The van der Waals surface area contributed by atoms with E-state index in [0.29, 0.717) is 58.8 Å². The van der Waals surface area contributed by atoms with Crippen molar-refractivity contribution in [1.29, 1.82) is 0 Å². The van der Waals surface area contributed by atoms with E-state index < -0.39 is 5.60 Å². The third-order valence-corrected chi connectivity index (χ3v) is 8.59. The molecule has 3 aromatic carbocycles. The molecule has 1 aliphatic rings. The Morgan fingerprint density at radius 1 is 0.860 bits per heavy atom. The molecule has 0 bridgehead atoms. The number of hydrogen-bond acceptors (Lipinski definition) is 8. The Kier molecular flexibility index (Phi) is 14.9. The standard InChI is InChI=1S/C40H54N2O8/c1-40(2,3)50-39(44)42-23-22-34(37(27-42)49-29-31-13-7-9-15-35(31)41(4)38(43)17-11-24-45-5)30-18-20-33(21-19-30)48-26-12-25-47-28-32-14-8-10-16-36(32)46-6/h7-10,13-16,18-21,34,37H,11-12,17,22-29H2,1-6H3. The van der Waals surface area contributed by atoms with E-state index in [2.05, 4.69) is 12.1 Å². The zero-order valence-corrected chi connectivity index (χ0v) is 30.5. The van der Waals surface area contributed by atoms with Gasteiger partial charge in [0.15, 0.2) is 0 Å². The van der Waals surface area contributed by atoms with Crippen molar-refractivity contribution >= 4 is 17.7 Å². The summed E-state index contributed by atoms with van der Waals surface area (Å²) in [6, 6.07) is 23.8. The number of rotatable bonds is 17. The molecular weight excluding hydrogens is 636 g/mol. The molecule has 1 fully saturated rings. The Balaban J connectivity index is 1.38. The Hall–Kier alpha value is -4.12. The summed E-state index contributed by atoms with van der Waals surface area (Å²) in [5, 5.41) is 0. The lowest BCUT2D eigenvalue weighted by Gasteiger charge is -2.39. The van der Waals surface area contributed by atoms with Gasteiger partial charge in [-0.15, -0.1) is 0 Å². The molecule has 1 aliphatic heterocycles. The number of hydrogen-bond donors (Lipinski definition) is 0. The van der Waals surface area contributed by atoms with Gasteiger partial charge < -0.3 is 38.2 Å². The van der Waals surface area contributed by atoms with Crippen LogP contribution in [-0.4, -0.2) is 82.8 Å². The highest BCUT2D eigenvalue weighted by Gasteiger charge is 2.35. The van der Waals surface area contributed by atoms with Gasteiger partial charge in [0.1, 0.15) is 17.1 Å². The second kappa shape index (κ2) is 19.3. The van der Waals surface area contributed by atoms with Crippen molar-refractivity contribution in [3.8, 4) is 11.5 Å². The largest absolute Gasteiger partial charge is 0.496 e. The summed E-state index contributed by atoms with van der Waals surface area (Å²) in [5.41, 5.74) is 3.24. The van der Waals surface area contributed by atoms with Crippen molar-refractivity contribution in [1.82, 2.24) is 4.90 Å². The summed E-state index contributed by atoms with van der Waals surface area (Å²) in [5.74, 6) is 1.68. The minimum Gasteiger partial charge on any atom is -0.496 e. The van der Waals surface area contributed by atoms with Crippen molar-refractivity contribution < 1.29 is 38.0 Å². The first-order valence-corrected chi connectivity index (χ1v) is 17.4. The molecule has 0 saturated carbocycles. The summed E-state index contributed by atoms with van der Waals surface area (Å²) in [6.45, 7) is 8.98. The van der Waals surface area contributed by atoms with Crippen LogP contribution < -0.4 is 14.4 Å². The molecular formula is C40H54N2O8. The van der Waals surface area contributed by atoms with E-state index in [0.717, 1.165) is 40.3 Å². The second-order valence-corrected chi connectivity index (χ2v) is 13.5. The van der Waals surface area contributed by atoms with Gasteiger partial charge >= 0.3 is 6.09 Å². The summed E-state index contributed by atoms with van der Waals surface area (Å²) in [6.07, 6.45) is 1.89. The first-order valence-electron chi connectivity index (χ1n) is 17.4. The third kappa shape index (κ3) is 11.7. The summed E-state index contributed by atoms with van der Waals surface area (Å²) in [7, 11) is 5.09. The van der Waals surface area contributed by atoms with Gasteiger partial charge in [-0.25, -0.2) is 4.79 Å². The molecule has 2 amide bonds. The minimum atomic E-state index is -0.596. The fourth-order valence-corrected chi connectivity index (χ4v) is 5.95. The van der Waals surface area contributed by atoms with Crippen molar-refractivity contribution in [3.05, 3.63) is 89.5 Å². The van der Waals surface area contributed by atoms with Crippen LogP contribution in [0.1, 0.15) is 69.1 Å². The lowest BCUT2D eigenvalue weighted by molar-refractivity contribution is -0.118. The van der Waals surface area contributed by atoms with Crippen molar-refractivity contribution in [2.45, 2.75) is 77.3 Å². The van der Waals surface area contributed by atoms with Gasteiger partial charge in [0.2, 0.25) is 5.91 Å². The van der Waals surface area contributed by atoms with Crippen LogP contribution in [0, 0.1) is 0 Å². The molecule has 0 radical (unpaired) electrons. The average Bonchev–Trinajstić information content (AvgIpc) is 3.11. The molecule has 2 unspecified atom stereocenters. The SMILES string of the molecule is COCCCC(=O)N(C)c1ccccc1COC1CN(C(=O)OC(C)(C)C)CCC1c1ccc(OCCCOCc2ccccc2OC)cc1. The van der Waals surface area contributed by atoms with E-state index in [1.54, 1.807) is 31.1 Å². The van der Waals surface area contributed by atoms with Crippen LogP contribution in [0.25, 0.3) is 0 Å². The smallest absolute Gasteiger partial charge is 0.410 e. The zero-order valence-electron chi connectivity index (χ0n) is 30.5. The van der Waals surface area contributed by atoms with Crippen LogP contribution in [0.4, 0.5) is 10.5 Å². The number of carbonyl (C=O) groups excluding carboxylic acids is 2. The van der Waals surface area contributed by atoms with E-state index in [4.69, 9.17) is 28.4 Å². The molecule has 272 valence electrons. The molecule has 2 atom stereocenters. The maximum Gasteiger partial charge on any atom is 0.410 e. The van der Waals surface area contributed by atoms with Crippen LogP contribution in [0.3, 0.4) is 0 Å². The molecule has 0 aliphatic carbocycles. The Morgan fingerprint density at radius 2 is 1.58 bits per heavy atom. The van der Waals surface area contributed by atoms with Crippen LogP contribution in [0.5, 0.6) is 11.5 Å². The van der Waals surface area contributed by atoms with Crippen molar-refractivity contribution in [3.63, 3.8) is 0 Å². The number of likely N-dealkylation sites (tertiary alicyclic amines) is 1. The zero-order chi connectivity index (χ0) is 35.9. The minimum absolute atomic E-state index is 0.0174. The van der Waals surface area contributed by atoms with Crippen molar-refractivity contribution in [2.75, 3.05) is 59.1 Å². The highest BCUT2D eigenvalue weighted by atomic mass is 16.6. The molecule has 10 heteroatoms. The monoisotopic (exact) mass is 690 g/mol. The highest BCUT2D eigenvalue weighted by Crippen LogP contribution is 2.34.